The summed E-state index contributed by atoms with van der Waals surface area (Å²) in [6.45, 7) is 2.55. The molecule has 0 aliphatic rings. The number of aromatic nitrogens is 1. The first kappa shape index (κ1) is 17.0. The van der Waals surface area contributed by atoms with Crippen LogP contribution in [0.1, 0.15) is 21.5 Å². The largest absolute Gasteiger partial charge is 0.383 e. The van der Waals surface area contributed by atoms with Crippen LogP contribution in [0, 0.1) is 6.92 Å². The summed E-state index contributed by atoms with van der Waals surface area (Å²) >= 11 is 1.73. The molecular formula is C20H19N3OS. The van der Waals surface area contributed by atoms with Crippen LogP contribution < -0.4 is 11.1 Å². The number of nitrogens with two attached hydrogens (primary N) is 1. The van der Waals surface area contributed by atoms with Gasteiger partial charge in [-0.25, -0.2) is 4.98 Å². The quantitative estimate of drug-likeness (QED) is 0.729. The lowest BCUT2D eigenvalue weighted by Gasteiger charge is -2.08. The zero-order valence-corrected chi connectivity index (χ0v) is 14.7. The Hall–Kier alpha value is -2.79. The Morgan fingerprint density at radius 3 is 2.56 bits per heavy atom. The molecule has 2 aromatic carbocycles. The molecule has 126 valence electrons. The van der Waals surface area contributed by atoms with Gasteiger partial charge in [-0.05, 0) is 48.4 Å². The van der Waals surface area contributed by atoms with Gasteiger partial charge in [-0.3, -0.25) is 4.79 Å². The maximum Gasteiger partial charge on any atom is 0.255 e. The summed E-state index contributed by atoms with van der Waals surface area (Å²) in [6, 6.07) is 19.9. The number of hydrogen-bond acceptors (Lipinski definition) is 4. The SMILES string of the molecule is Cc1ccccc1Sc1ccc(CNC(=O)c2cccnc2N)cc1. The fourth-order valence-electron chi connectivity index (χ4n) is 2.36. The van der Waals surface area contributed by atoms with Gasteiger partial charge in [0.15, 0.2) is 0 Å². The van der Waals surface area contributed by atoms with Gasteiger partial charge in [-0.2, -0.15) is 0 Å². The highest BCUT2D eigenvalue weighted by Gasteiger charge is 2.09. The average Bonchev–Trinajstić information content (AvgIpc) is 2.63. The van der Waals surface area contributed by atoms with Crippen LogP contribution in [0.25, 0.3) is 0 Å². The first-order valence-corrected chi connectivity index (χ1v) is 8.76. The van der Waals surface area contributed by atoms with E-state index in [1.807, 2.05) is 24.3 Å². The number of anilines is 1. The van der Waals surface area contributed by atoms with Gasteiger partial charge >= 0.3 is 0 Å². The van der Waals surface area contributed by atoms with Gasteiger partial charge in [0.25, 0.3) is 5.91 Å². The summed E-state index contributed by atoms with van der Waals surface area (Å²) in [5.74, 6) is 0.0222. The molecule has 0 unspecified atom stereocenters. The van der Waals surface area contributed by atoms with Crippen molar-refractivity contribution in [2.45, 2.75) is 23.3 Å². The maximum atomic E-state index is 12.1. The maximum absolute atomic E-state index is 12.1. The second-order valence-corrected chi connectivity index (χ2v) is 6.75. The van der Waals surface area contributed by atoms with Gasteiger partial charge in [0, 0.05) is 22.5 Å². The zero-order valence-electron chi connectivity index (χ0n) is 13.9. The van der Waals surface area contributed by atoms with E-state index >= 15 is 0 Å². The fraction of sp³-hybridized carbons (Fsp3) is 0.100. The molecule has 1 amide bonds. The summed E-state index contributed by atoms with van der Waals surface area (Å²) in [6.07, 6.45) is 1.57. The van der Waals surface area contributed by atoms with Gasteiger partial charge in [0.05, 0.1) is 5.56 Å². The van der Waals surface area contributed by atoms with Crippen LogP contribution in [-0.2, 0) is 6.54 Å². The molecule has 1 heterocycles. The second kappa shape index (κ2) is 7.85. The van der Waals surface area contributed by atoms with Gasteiger partial charge in [0.1, 0.15) is 5.82 Å². The Morgan fingerprint density at radius 2 is 1.84 bits per heavy atom. The van der Waals surface area contributed by atoms with Crippen molar-refractivity contribution in [2.24, 2.45) is 0 Å². The van der Waals surface area contributed by atoms with Crippen LogP contribution in [0.3, 0.4) is 0 Å². The van der Waals surface area contributed by atoms with Crippen molar-refractivity contribution in [2.75, 3.05) is 5.73 Å². The lowest BCUT2D eigenvalue weighted by atomic mass is 10.2. The van der Waals surface area contributed by atoms with Gasteiger partial charge in [-0.15, -0.1) is 0 Å². The van der Waals surface area contributed by atoms with Crippen LogP contribution in [0.15, 0.2) is 76.7 Å². The Labute approximate surface area is 151 Å². The number of rotatable bonds is 5. The zero-order chi connectivity index (χ0) is 17.6. The number of amides is 1. The number of pyridine rings is 1. The molecule has 1 aromatic heterocycles. The van der Waals surface area contributed by atoms with Crippen molar-refractivity contribution >= 4 is 23.5 Å². The topological polar surface area (TPSA) is 68.0 Å². The van der Waals surface area contributed by atoms with E-state index in [4.69, 9.17) is 5.73 Å². The minimum Gasteiger partial charge on any atom is -0.383 e. The predicted molar refractivity (Wildman–Crippen MR) is 102 cm³/mol. The molecule has 25 heavy (non-hydrogen) atoms. The summed E-state index contributed by atoms with van der Waals surface area (Å²) in [5.41, 5.74) is 8.41. The van der Waals surface area contributed by atoms with Crippen molar-refractivity contribution in [3.63, 3.8) is 0 Å². The molecule has 0 aliphatic carbocycles. The molecule has 0 saturated heterocycles. The monoisotopic (exact) mass is 349 g/mol. The molecule has 0 spiro atoms. The number of benzene rings is 2. The fourth-order valence-corrected chi connectivity index (χ4v) is 3.26. The van der Waals surface area contributed by atoms with E-state index < -0.39 is 0 Å². The molecule has 0 radical (unpaired) electrons. The van der Waals surface area contributed by atoms with E-state index in [1.165, 1.54) is 15.4 Å². The molecule has 5 heteroatoms. The average molecular weight is 349 g/mol. The highest BCUT2D eigenvalue weighted by molar-refractivity contribution is 7.99. The number of nitrogen functional groups attached to an aromatic ring is 1. The summed E-state index contributed by atoms with van der Waals surface area (Å²) < 4.78 is 0. The molecule has 4 nitrogen and oxygen atoms in total. The number of aryl methyl sites for hydroxylation is 1. The van der Waals surface area contributed by atoms with E-state index in [-0.39, 0.29) is 11.7 Å². The second-order valence-electron chi connectivity index (χ2n) is 5.63. The van der Waals surface area contributed by atoms with E-state index in [2.05, 4.69) is 41.5 Å². The molecule has 0 bridgehead atoms. The molecule has 3 rings (SSSR count). The number of hydrogen-bond donors (Lipinski definition) is 2. The highest BCUT2D eigenvalue weighted by Crippen LogP contribution is 2.30. The third-order valence-electron chi connectivity index (χ3n) is 3.78. The van der Waals surface area contributed by atoms with Crippen molar-refractivity contribution in [1.82, 2.24) is 10.3 Å². The number of carbonyl (C=O) groups excluding carboxylic acids is 1. The molecule has 0 saturated carbocycles. The van der Waals surface area contributed by atoms with Crippen molar-refractivity contribution in [3.8, 4) is 0 Å². The number of nitrogens with zero attached hydrogens (tertiary/aromatic N) is 1. The normalized spacial score (nSPS) is 10.4. The Bertz CT molecular complexity index is 878. The molecule has 3 aromatic rings. The van der Waals surface area contributed by atoms with Crippen molar-refractivity contribution in [1.29, 1.82) is 0 Å². The third kappa shape index (κ3) is 4.39. The van der Waals surface area contributed by atoms with E-state index in [0.29, 0.717) is 12.1 Å². The smallest absolute Gasteiger partial charge is 0.255 e. The summed E-state index contributed by atoms with van der Waals surface area (Å²) in [7, 11) is 0. The first-order valence-electron chi connectivity index (χ1n) is 7.94. The van der Waals surface area contributed by atoms with Crippen molar-refractivity contribution in [3.05, 3.63) is 83.6 Å². The molecular weight excluding hydrogens is 330 g/mol. The lowest BCUT2D eigenvalue weighted by Crippen LogP contribution is -2.24. The molecule has 0 fully saturated rings. The standard InChI is InChI=1S/C20H19N3OS/c1-14-5-2-3-7-18(14)25-16-10-8-15(9-11-16)13-23-20(24)17-6-4-12-22-19(17)21/h2-12H,13H2,1H3,(H2,21,22)(H,23,24). The Kier molecular flexibility index (Phi) is 5.36. The highest BCUT2D eigenvalue weighted by atomic mass is 32.2. The van der Waals surface area contributed by atoms with Gasteiger partial charge < -0.3 is 11.1 Å². The van der Waals surface area contributed by atoms with Gasteiger partial charge in [-0.1, -0.05) is 42.1 Å². The minimum absolute atomic E-state index is 0.219. The molecule has 0 aliphatic heterocycles. The van der Waals surface area contributed by atoms with Crippen LogP contribution in [0.4, 0.5) is 5.82 Å². The van der Waals surface area contributed by atoms with Crippen LogP contribution in [0.2, 0.25) is 0 Å². The predicted octanol–water partition coefficient (Wildman–Crippen LogP) is 4.05. The van der Waals surface area contributed by atoms with Crippen molar-refractivity contribution < 1.29 is 4.79 Å². The molecule has 0 atom stereocenters. The van der Waals surface area contributed by atoms with Crippen LogP contribution in [-0.4, -0.2) is 10.9 Å². The number of carbonyl (C=O) groups is 1. The third-order valence-corrected chi connectivity index (χ3v) is 4.97. The van der Waals surface area contributed by atoms with Crippen LogP contribution >= 0.6 is 11.8 Å². The van der Waals surface area contributed by atoms with E-state index in [1.54, 1.807) is 30.1 Å². The van der Waals surface area contributed by atoms with E-state index in [0.717, 1.165) is 5.56 Å². The number of nitrogens with one attached hydrogen (secondary N) is 1. The Morgan fingerprint density at radius 1 is 1.08 bits per heavy atom. The van der Waals surface area contributed by atoms with E-state index in [9.17, 15) is 4.79 Å². The Balaban J connectivity index is 1.60. The van der Waals surface area contributed by atoms with Crippen LogP contribution in [0.5, 0.6) is 0 Å². The lowest BCUT2D eigenvalue weighted by molar-refractivity contribution is 0.0951. The summed E-state index contributed by atoms with van der Waals surface area (Å²) in [5, 5.41) is 2.87. The first-order chi connectivity index (χ1) is 12.1. The summed E-state index contributed by atoms with van der Waals surface area (Å²) in [4.78, 5) is 18.5. The minimum atomic E-state index is -0.219. The molecule has 3 N–H and O–H groups in total. The van der Waals surface area contributed by atoms with Gasteiger partial charge in [0.2, 0.25) is 0 Å².